The lowest BCUT2D eigenvalue weighted by molar-refractivity contribution is -0.126. The van der Waals surface area contributed by atoms with Crippen LogP contribution < -0.4 is 11.1 Å². The maximum atomic E-state index is 12.4. The molecule has 5 heteroatoms. The van der Waals surface area contributed by atoms with Crippen molar-refractivity contribution in [1.82, 2.24) is 10.2 Å². The van der Waals surface area contributed by atoms with Gasteiger partial charge in [-0.1, -0.05) is 32.9 Å². The van der Waals surface area contributed by atoms with Crippen molar-refractivity contribution in [2.24, 2.45) is 11.7 Å². The van der Waals surface area contributed by atoms with Crippen LogP contribution >= 0.6 is 0 Å². The van der Waals surface area contributed by atoms with Gasteiger partial charge in [0, 0.05) is 25.6 Å². The van der Waals surface area contributed by atoms with E-state index in [4.69, 9.17) is 5.73 Å². The Kier molecular flexibility index (Phi) is 6.32. The number of urea groups is 1. The van der Waals surface area contributed by atoms with Crippen LogP contribution in [0.25, 0.3) is 0 Å². The number of nitrogens with two attached hydrogens (primary N) is 1. The molecule has 5 nitrogen and oxygen atoms in total. The lowest BCUT2D eigenvalue weighted by Crippen LogP contribution is -2.45. The van der Waals surface area contributed by atoms with Gasteiger partial charge in [-0.3, -0.25) is 4.79 Å². The van der Waals surface area contributed by atoms with Crippen LogP contribution in [-0.4, -0.2) is 36.5 Å². The van der Waals surface area contributed by atoms with E-state index in [-0.39, 0.29) is 17.2 Å². The first kappa shape index (κ1) is 20.3. The fourth-order valence-electron chi connectivity index (χ4n) is 3.64. The molecule has 0 spiro atoms. The van der Waals surface area contributed by atoms with Gasteiger partial charge in [-0.25, -0.2) is 4.79 Å². The van der Waals surface area contributed by atoms with Gasteiger partial charge in [0.1, 0.15) is 0 Å². The summed E-state index contributed by atoms with van der Waals surface area (Å²) in [6.07, 6.45) is 2.22. The summed E-state index contributed by atoms with van der Waals surface area (Å²) in [6, 6.07) is 4.14. The number of nitrogens with one attached hydrogen (secondary N) is 1. The van der Waals surface area contributed by atoms with Crippen molar-refractivity contribution in [3.05, 3.63) is 34.4 Å². The van der Waals surface area contributed by atoms with Gasteiger partial charge < -0.3 is 16.0 Å². The minimum absolute atomic E-state index is 0.0175. The average Bonchev–Trinajstić information content (AvgIpc) is 2.56. The lowest BCUT2D eigenvalue weighted by atomic mass is 9.83. The maximum absolute atomic E-state index is 12.4. The third kappa shape index (κ3) is 4.99. The monoisotopic (exact) mass is 359 g/mol. The van der Waals surface area contributed by atoms with Gasteiger partial charge in [0.25, 0.3) is 0 Å². The Labute approximate surface area is 157 Å². The zero-order valence-corrected chi connectivity index (χ0v) is 16.8. The number of nitrogens with zero attached hydrogens (tertiary/aromatic N) is 1. The number of primary amides is 1. The standard InChI is InChI=1S/C21H33N3O2/c1-14-12-17(21(3,4)5)13-15(2)18(14)6-9-23-19(25)16-7-10-24(11-8-16)20(22)26/h12-13,16H,6-11H2,1-5H3,(H2,22,26)(H,23,25). The molecule has 0 radical (unpaired) electrons. The Hall–Kier alpha value is -2.04. The third-order valence-corrected chi connectivity index (χ3v) is 5.41. The number of benzene rings is 1. The maximum Gasteiger partial charge on any atom is 0.314 e. The molecule has 0 aromatic heterocycles. The van der Waals surface area contributed by atoms with E-state index < -0.39 is 6.03 Å². The number of carbonyl (C=O) groups is 2. The molecule has 1 aliphatic heterocycles. The molecule has 0 unspecified atom stereocenters. The lowest BCUT2D eigenvalue weighted by Gasteiger charge is -2.30. The van der Waals surface area contributed by atoms with E-state index in [0.29, 0.717) is 32.5 Å². The molecule has 0 aliphatic carbocycles. The summed E-state index contributed by atoms with van der Waals surface area (Å²) < 4.78 is 0. The Morgan fingerprint density at radius 2 is 1.69 bits per heavy atom. The number of amides is 3. The zero-order valence-electron chi connectivity index (χ0n) is 16.8. The normalized spacial score (nSPS) is 15.8. The Morgan fingerprint density at radius 1 is 1.15 bits per heavy atom. The molecule has 1 heterocycles. The highest BCUT2D eigenvalue weighted by atomic mass is 16.2. The molecule has 144 valence electrons. The van der Waals surface area contributed by atoms with Crippen LogP contribution in [0.5, 0.6) is 0 Å². The van der Waals surface area contributed by atoms with Gasteiger partial charge in [0.05, 0.1) is 0 Å². The third-order valence-electron chi connectivity index (χ3n) is 5.41. The SMILES string of the molecule is Cc1cc(C(C)(C)C)cc(C)c1CCNC(=O)C1CCN(C(N)=O)CC1. The van der Waals surface area contributed by atoms with E-state index in [9.17, 15) is 9.59 Å². The van der Waals surface area contributed by atoms with Crippen molar-refractivity contribution in [2.45, 2.75) is 59.3 Å². The van der Waals surface area contributed by atoms with Crippen LogP contribution in [0.15, 0.2) is 12.1 Å². The number of hydrogen-bond donors (Lipinski definition) is 2. The number of likely N-dealkylation sites (tertiary alicyclic amines) is 1. The van der Waals surface area contributed by atoms with Crippen molar-refractivity contribution in [3.8, 4) is 0 Å². The smallest absolute Gasteiger partial charge is 0.314 e. The van der Waals surface area contributed by atoms with Crippen LogP contribution in [0.1, 0.15) is 55.9 Å². The van der Waals surface area contributed by atoms with E-state index in [2.05, 4.69) is 52.1 Å². The molecule has 1 aromatic rings. The van der Waals surface area contributed by atoms with Gasteiger partial charge in [-0.15, -0.1) is 0 Å². The topological polar surface area (TPSA) is 75.4 Å². The predicted molar refractivity (Wildman–Crippen MR) is 105 cm³/mol. The summed E-state index contributed by atoms with van der Waals surface area (Å²) in [6.45, 7) is 12.8. The van der Waals surface area contributed by atoms with E-state index in [1.807, 2.05) is 0 Å². The van der Waals surface area contributed by atoms with Gasteiger partial charge in [0.2, 0.25) is 5.91 Å². The van der Waals surface area contributed by atoms with Gasteiger partial charge in [-0.05, 0) is 60.8 Å². The van der Waals surface area contributed by atoms with Crippen LogP contribution in [0, 0.1) is 19.8 Å². The Bertz CT molecular complexity index is 645. The van der Waals surface area contributed by atoms with Gasteiger partial charge >= 0.3 is 6.03 Å². The first-order chi connectivity index (χ1) is 12.1. The van der Waals surface area contributed by atoms with Crippen molar-refractivity contribution >= 4 is 11.9 Å². The van der Waals surface area contributed by atoms with Crippen molar-refractivity contribution in [3.63, 3.8) is 0 Å². The highest BCUT2D eigenvalue weighted by Gasteiger charge is 2.26. The molecule has 1 aromatic carbocycles. The van der Waals surface area contributed by atoms with Crippen LogP contribution in [0.2, 0.25) is 0 Å². The molecule has 1 saturated heterocycles. The zero-order chi connectivity index (χ0) is 19.5. The van der Waals surface area contributed by atoms with E-state index in [1.54, 1.807) is 4.90 Å². The molecule has 3 N–H and O–H groups in total. The Balaban J connectivity index is 1.88. The second kappa shape index (κ2) is 8.11. The fourth-order valence-corrected chi connectivity index (χ4v) is 3.64. The molecule has 1 fully saturated rings. The number of aryl methyl sites for hydroxylation is 2. The molecular weight excluding hydrogens is 326 g/mol. The van der Waals surface area contributed by atoms with Crippen molar-refractivity contribution in [1.29, 1.82) is 0 Å². The average molecular weight is 360 g/mol. The quantitative estimate of drug-likeness (QED) is 0.867. The molecule has 2 rings (SSSR count). The second-order valence-electron chi connectivity index (χ2n) is 8.48. The van der Waals surface area contributed by atoms with E-state index >= 15 is 0 Å². The van der Waals surface area contributed by atoms with Crippen molar-refractivity contribution < 1.29 is 9.59 Å². The Morgan fingerprint density at radius 3 is 2.15 bits per heavy atom. The number of hydrogen-bond acceptors (Lipinski definition) is 2. The molecule has 1 aliphatic rings. The van der Waals surface area contributed by atoms with Crippen LogP contribution in [0.4, 0.5) is 4.79 Å². The summed E-state index contributed by atoms with van der Waals surface area (Å²) in [7, 11) is 0. The molecule has 3 amide bonds. The second-order valence-corrected chi connectivity index (χ2v) is 8.48. The highest BCUT2D eigenvalue weighted by molar-refractivity contribution is 5.79. The largest absolute Gasteiger partial charge is 0.356 e. The molecule has 26 heavy (non-hydrogen) atoms. The summed E-state index contributed by atoms with van der Waals surface area (Å²) in [4.78, 5) is 25.1. The first-order valence-corrected chi connectivity index (χ1v) is 9.52. The molecule has 0 atom stereocenters. The highest BCUT2D eigenvalue weighted by Crippen LogP contribution is 2.27. The van der Waals surface area contributed by atoms with Crippen molar-refractivity contribution in [2.75, 3.05) is 19.6 Å². The predicted octanol–water partition coefficient (Wildman–Crippen LogP) is 3.05. The van der Waals surface area contributed by atoms with E-state index in [1.165, 1.54) is 22.3 Å². The molecule has 0 bridgehead atoms. The minimum atomic E-state index is -0.395. The number of rotatable bonds is 4. The molecule has 0 saturated carbocycles. The number of carbonyl (C=O) groups excluding carboxylic acids is 2. The number of piperidine rings is 1. The first-order valence-electron chi connectivity index (χ1n) is 9.52. The minimum Gasteiger partial charge on any atom is -0.356 e. The van der Waals surface area contributed by atoms with Gasteiger partial charge in [0.15, 0.2) is 0 Å². The summed E-state index contributed by atoms with van der Waals surface area (Å²) in [5, 5.41) is 3.07. The van der Waals surface area contributed by atoms with Crippen LogP contribution in [0.3, 0.4) is 0 Å². The van der Waals surface area contributed by atoms with E-state index in [0.717, 1.165) is 6.42 Å². The van der Waals surface area contributed by atoms with Gasteiger partial charge in [-0.2, -0.15) is 0 Å². The molecular formula is C21H33N3O2. The fraction of sp³-hybridized carbons (Fsp3) is 0.619. The van der Waals surface area contributed by atoms with Crippen LogP contribution in [-0.2, 0) is 16.6 Å². The summed E-state index contributed by atoms with van der Waals surface area (Å²) in [5.74, 6) is 0.0757. The summed E-state index contributed by atoms with van der Waals surface area (Å²) in [5.41, 5.74) is 10.7. The summed E-state index contributed by atoms with van der Waals surface area (Å²) >= 11 is 0.